The molecule has 4 aromatic rings. The van der Waals surface area contributed by atoms with Gasteiger partial charge in [-0.15, -0.1) is 0 Å². The van der Waals surface area contributed by atoms with E-state index in [-0.39, 0.29) is 11.6 Å². The van der Waals surface area contributed by atoms with E-state index in [4.69, 9.17) is 4.42 Å². The van der Waals surface area contributed by atoms with E-state index in [1.54, 1.807) is 35.2 Å². The number of nitro benzene ring substituents is 1. The summed E-state index contributed by atoms with van der Waals surface area (Å²) in [6.45, 7) is 0. The van der Waals surface area contributed by atoms with Gasteiger partial charge < -0.3 is 4.42 Å². The molecule has 3 aromatic carbocycles. The molecule has 2 heterocycles. The summed E-state index contributed by atoms with van der Waals surface area (Å²) in [5.41, 5.74) is 3.55. The van der Waals surface area contributed by atoms with Crippen LogP contribution in [-0.4, -0.2) is 10.8 Å². The van der Waals surface area contributed by atoms with Crippen LogP contribution in [0.2, 0.25) is 0 Å². The fourth-order valence-electron chi connectivity index (χ4n) is 3.71. The van der Waals surface area contributed by atoms with Crippen molar-refractivity contribution < 1.29 is 14.1 Å². The van der Waals surface area contributed by atoms with Crippen LogP contribution in [0.3, 0.4) is 0 Å². The summed E-state index contributed by atoms with van der Waals surface area (Å²) in [5.74, 6) is 0.851. The fourth-order valence-corrected chi connectivity index (χ4v) is 3.71. The number of rotatable bonds is 4. The highest BCUT2D eigenvalue weighted by atomic mass is 16.6. The molecule has 150 valence electrons. The highest BCUT2D eigenvalue weighted by molar-refractivity contribution is 6.37. The topological polar surface area (TPSA) is 76.6 Å². The van der Waals surface area contributed by atoms with Crippen molar-refractivity contribution in [1.29, 1.82) is 0 Å². The molecule has 1 aliphatic heterocycles. The standard InChI is InChI=1S/C25H16N2O4/c28-25-22(21-11-4-5-12-23(21)26(25)18-8-2-1-3-9-18)16-20-13-14-24(31-20)17-7-6-10-19(15-17)27(29)30/h1-16H/b22-16+. The van der Waals surface area contributed by atoms with E-state index in [0.29, 0.717) is 22.7 Å². The van der Waals surface area contributed by atoms with Gasteiger partial charge in [-0.05, 0) is 36.4 Å². The van der Waals surface area contributed by atoms with E-state index in [2.05, 4.69) is 0 Å². The zero-order valence-corrected chi connectivity index (χ0v) is 16.3. The van der Waals surface area contributed by atoms with E-state index >= 15 is 0 Å². The maximum Gasteiger partial charge on any atom is 0.270 e. The number of benzene rings is 3. The highest BCUT2D eigenvalue weighted by Gasteiger charge is 2.33. The van der Waals surface area contributed by atoms with Crippen molar-refractivity contribution in [2.75, 3.05) is 4.90 Å². The first-order chi connectivity index (χ1) is 15.1. The van der Waals surface area contributed by atoms with Gasteiger partial charge in [0, 0.05) is 28.9 Å². The van der Waals surface area contributed by atoms with E-state index in [1.807, 2.05) is 54.6 Å². The lowest BCUT2D eigenvalue weighted by Gasteiger charge is -2.16. The van der Waals surface area contributed by atoms with Crippen LogP contribution in [0.15, 0.2) is 95.4 Å². The Morgan fingerprint density at radius 2 is 1.65 bits per heavy atom. The first-order valence-electron chi connectivity index (χ1n) is 9.67. The molecule has 6 nitrogen and oxygen atoms in total. The maximum absolute atomic E-state index is 13.3. The molecule has 1 amide bonds. The summed E-state index contributed by atoms with van der Waals surface area (Å²) in [6.07, 6.45) is 1.71. The van der Waals surface area contributed by atoms with Gasteiger partial charge in [0.25, 0.3) is 11.6 Å². The molecule has 0 unspecified atom stereocenters. The van der Waals surface area contributed by atoms with Crippen LogP contribution >= 0.6 is 0 Å². The molecule has 5 rings (SSSR count). The van der Waals surface area contributed by atoms with E-state index < -0.39 is 4.92 Å². The molecule has 0 fully saturated rings. The second-order valence-electron chi connectivity index (χ2n) is 7.06. The SMILES string of the molecule is O=C1/C(=C/c2ccc(-c3cccc([N+](=O)[O-])c3)o2)c2ccccc2N1c1ccccc1. The number of carbonyl (C=O) groups is 1. The van der Waals surface area contributed by atoms with Gasteiger partial charge in [-0.1, -0.05) is 48.5 Å². The number of para-hydroxylation sites is 2. The third kappa shape index (κ3) is 3.30. The number of amides is 1. The number of nitro groups is 1. The largest absolute Gasteiger partial charge is 0.457 e. The summed E-state index contributed by atoms with van der Waals surface area (Å²) in [6, 6.07) is 26.8. The van der Waals surface area contributed by atoms with E-state index in [9.17, 15) is 14.9 Å². The second-order valence-corrected chi connectivity index (χ2v) is 7.06. The first kappa shape index (κ1) is 18.6. The molecular formula is C25H16N2O4. The smallest absolute Gasteiger partial charge is 0.270 e. The number of non-ortho nitro benzene ring substituents is 1. The minimum Gasteiger partial charge on any atom is -0.457 e. The minimum atomic E-state index is -0.443. The van der Waals surface area contributed by atoms with Crippen LogP contribution in [0.25, 0.3) is 23.0 Å². The lowest BCUT2D eigenvalue weighted by atomic mass is 10.1. The Kier molecular flexibility index (Phi) is 4.45. The van der Waals surface area contributed by atoms with Crippen LogP contribution in [0, 0.1) is 10.1 Å². The van der Waals surface area contributed by atoms with Gasteiger partial charge in [-0.2, -0.15) is 0 Å². The molecule has 0 aliphatic carbocycles. The van der Waals surface area contributed by atoms with Crippen LogP contribution < -0.4 is 4.90 Å². The van der Waals surface area contributed by atoms with Crippen molar-refractivity contribution in [3.63, 3.8) is 0 Å². The molecule has 0 saturated heterocycles. The Hall–Kier alpha value is -4.45. The van der Waals surface area contributed by atoms with Crippen LogP contribution in [0.4, 0.5) is 17.1 Å². The van der Waals surface area contributed by atoms with Gasteiger partial charge in [-0.3, -0.25) is 19.8 Å². The number of fused-ring (bicyclic) bond motifs is 1. The quantitative estimate of drug-likeness (QED) is 0.233. The van der Waals surface area contributed by atoms with Gasteiger partial charge in [0.2, 0.25) is 0 Å². The maximum atomic E-state index is 13.3. The van der Waals surface area contributed by atoms with Gasteiger partial charge in [-0.25, -0.2) is 0 Å². The van der Waals surface area contributed by atoms with Crippen LogP contribution in [0.1, 0.15) is 11.3 Å². The van der Waals surface area contributed by atoms with Gasteiger partial charge >= 0.3 is 0 Å². The Morgan fingerprint density at radius 1 is 0.871 bits per heavy atom. The lowest BCUT2D eigenvalue weighted by Crippen LogP contribution is -2.20. The molecule has 1 aliphatic rings. The third-order valence-electron chi connectivity index (χ3n) is 5.14. The normalized spacial score (nSPS) is 14.1. The zero-order chi connectivity index (χ0) is 21.4. The third-order valence-corrected chi connectivity index (χ3v) is 5.14. The average Bonchev–Trinajstić information content (AvgIpc) is 3.38. The predicted molar refractivity (Wildman–Crippen MR) is 119 cm³/mol. The van der Waals surface area contributed by atoms with Crippen LogP contribution in [-0.2, 0) is 4.79 Å². The van der Waals surface area contributed by atoms with Gasteiger partial charge in [0.1, 0.15) is 11.5 Å². The molecular weight excluding hydrogens is 392 g/mol. The molecule has 31 heavy (non-hydrogen) atoms. The van der Waals surface area contributed by atoms with E-state index in [0.717, 1.165) is 16.9 Å². The summed E-state index contributed by atoms with van der Waals surface area (Å²) in [7, 11) is 0. The molecule has 6 heteroatoms. The predicted octanol–water partition coefficient (Wildman–Crippen LogP) is 6.07. The molecule has 0 saturated carbocycles. The Balaban J connectivity index is 1.54. The van der Waals surface area contributed by atoms with Gasteiger partial charge in [0.15, 0.2) is 0 Å². The molecule has 0 radical (unpaired) electrons. The highest BCUT2D eigenvalue weighted by Crippen LogP contribution is 2.42. The molecule has 0 atom stereocenters. The average molecular weight is 408 g/mol. The number of hydrogen-bond donors (Lipinski definition) is 0. The van der Waals surface area contributed by atoms with Crippen molar-refractivity contribution >= 4 is 34.6 Å². The fraction of sp³-hybridized carbons (Fsp3) is 0. The zero-order valence-electron chi connectivity index (χ0n) is 16.3. The summed E-state index contributed by atoms with van der Waals surface area (Å²) in [4.78, 5) is 25.6. The number of furan rings is 1. The van der Waals surface area contributed by atoms with Crippen molar-refractivity contribution in [3.8, 4) is 11.3 Å². The van der Waals surface area contributed by atoms with Gasteiger partial charge in [0.05, 0.1) is 16.2 Å². The number of anilines is 2. The minimum absolute atomic E-state index is 0.00722. The second kappa shape index (κ2) is 7.42. The summed E-state index contributed by atoms with van der Waals surface area (Å²) < 4.78 is 5.90. The number of carbonyl (C=O) groups excluding carboxylic acids is 1. The number of nitrogens with zero attached hydrogens (tertiary/aromatic N) is 2. The van der Waals surface area contributed by atoms with Crippen LogP contribution in [0.5, 0.6) is 0 Å². The first-order valence-corrected chi connectivity index (χ1v) is 9.67. The van der Waals surface area contributed by atoms with Crippen molar-refractivity contribution in [3.05, 3.63) is 112 Å². The van der Waals surface area contributed by atoms with Crippen molar-refractivity contribution in [1.82, 2.24) is 0 Å². The molecule has 0 N–H and O–H groups in total. The molecule has 0 spiro atoms. The van der Waals surface area contributed by atoms with Crippen molar-refractivity contribution in [2.45, 2.75) is 0 Å². The monoisotopic (exact) mass is 408 g/mol. The van der Waals surface area contributed by atoms with Crippen molar-refractivity contribution in [2.24, 2.45) is 0 Å². The summed E-state index contributed by atoms with van der Waals surface area (Å²) >= 11 is 0. The Morgan fingerprint density at radius 3 is 2.45 bits per heavy atom. The lowest BCUT2D eigenvalue weighted by molar-refractivity contribution is -0.384. The Labute approximate surface area is 177 Å². The number of hydrogen-bond acceptors (Lipinski definition) is 4. The Bertz CT molecular complexity index is 1340. The summed E-state index contributed by atoms with van der Waals surface area (Å²) in [5, 5.41) is 11.0. The van der Waals surface area contributed by atoms with E-state index in [1.165, 1.54) is 12.1 Å². The molecule has 1 aromatic heterocycles. The molecule has 0 bridgehead atoms.